The molecule has 0 aliphatic carbocycles. The zero-order chi connectivity index (χ0) is 11.8. The van der Waals surface area contributed by atoms with Gasteiger partial charge in [-0.05, 0) is 37.0 Å². The molecular formula is C13H18O3. The third-order valence-electron chi connectivity index (χ3n) is 2.49. The highest BCUT2D eigenvalue weighted by molar-refractivity contribution is 5.49. The number of carbonyl (C=O) groups excluding carboxylic acids is 1. The second-order valence-corrected chi connectivity index (χ2v) is 3.60. The van der Waals surface area contributed by atoms with E-state index < -0.39 is 0 Å². The standard InChI is InChI=1S/C13H18O3/c1-15-12-8-7-11(10-13(12)16-2)6-4-3-5-9-14/h7-10H,3-6H2,1-2H3. The summed E-state index contributed by atoms with van der Waals surface area (Å²) in [5, 5.41) is 0. The number of aldehydes is 1. The van der Waals surface area contributed by atoms with Crippen LogP contribution in [0.2, 0.25) is 0 Å². The monoisotopic (exact) mass is 222 g/mol. The number of carbonyl (C=O) groups is 1. The molecule has 1 aromatic rings. The lowest BCUT2D eigenvalue weighted by molar-refractivity contribution is -0.107. The lowest BCUT2D eigenvalue weighted by Gasteiger charge is -2.09. The van der Waals surface area contributed by atoms with Gasteiger partial charge in [0.05, 0.1) is 14.2 Å². The Labute approximate surface area is 96.4 Å². The van der Waals surface area contributed by atoms with Crippen molar-refractivity contribution in [3.05, 3.63) is 23.8 Å². The van der Waals surface area contributed by atoms with Gasteiger partial charge < -0.3 is 14.3 Å². The Hall–Kier alpha value is -1.51. The minimum absolute atomic E-state index is 0.646. The van der Waals surface area contributed by atoms with E-state index in [1.54, 1.807) is 14.2 Å². The molecule has 3 nitrogen and oxygen atoms in total. The molecule has 0 aromatic heterocycles. The van der Waals surface area contributed by atoms with Gasteiger partial charge in [-0.15, -0.1) is 0 Å². The summed E-state index contributed by atoms with van der Waals surface area (Å²) in [4.78, 5) is 10.2. The molecule has 0 bridgehead atoms. The third-order valence-corrected chi connectivity index (χ3v) is 2.49. The van der Waals surface area contributed by atoms with Crippen LogP contribution in [0.25, 0.3) is 0 Å². The van der Waals surface area contributed by atoms with Gasteiger partial charge >= 0.3 is 0 Å². The van der Waals surface area contributed by atoms with Crippen LogP contribution in [-0.2, 0) is 11.2 Å². The van der Waals surface area contributed by atoms with E-state index in [1.165, 1.54) is 5.56 Å². The third kappa shape index (κ3) is 3.57. The minimum Gasteiger partial charge on any atom is -0.493 e. The second kappa shape index (κ2) is 6.88. The number of aryl methyl sites for hydroxylation is 1. The van der Waals surface area contributed by atoms with E-state index in [0.29, 0.717) is 6.42 Å². The van der Waals surface area contributed by atoms with Crippen molar-refractivity contribution in [2.75, 3.05) is 14.2 Å². The first-order chi connectivity index (χ1) is 7.81. The Balaban J connectivity index is 2.57. The van der Waals surface area contributed by atoms with Crippen molar-refractivity contribution in [2.24, 2.45) is 0 Å². The summed E-state index contributed by atoms with van der Waals surface area (Å²) in [5.41, 5.74) is 1.21. The highest BCUT2D eigenvalue weighted by atomic mass is 16.5. The topological polar surface area (TPSA) is 35.5 Å². The van der Waals surface area contributed by atoms with Crippen molar-refractivity contribution in [3.8, 4) is 11.5 Å². The molecule has 0 saturated carbocycles. The molecule has 0 atom stereocenters. The zero-order valence-corrected chi connectivity index (χ0v) is 9.86. The molecule has 1 aromatic carbocycles. The van der Waals surface area contributed by atoms with Gasteiger partial charge in [0.15, 0.2) is 11.5 Å². The molecule has 0 unspecified atom stereocenters. The first-order valence-corrected chi connectivity index (χ1v) is 5.46. The number of rotatable bonds is 7. The largest absolute Gasteiger partial charge is 0.493 e. The fourth-order valence-electron chi connectivity index (χ4n) is 1.59. The van der Waals surface area contributed by atoms with Crippen molar-refractivity contribution < 1.29 is 14.3 Å². The Bertz CT molecular complexity index is 334. The normalized spacial score (nSPS) is 9.88. The van der Waals surface area contributed by atoms with Gasteiger partial charge in [-0.1, -0.05) is 6.07 Å². The van der Waals surface area contributed by atoms with Gasteiger partial charge in [0.25, 0.3) is 0 Å². The molecule has 0 heterocycles. The Kier molecular flexibility index (Phi) is 5.40. The molecule has 0 radical (unpaired) electrons. The lowest BCUT2D eigenvalue weighted by Crippen LogP contribution is -1.93. The first-order valence-electron chi connectivity index (χ1n) is 5.46. The molecule has 1 rings (SSSR count). The van der Waals surface area contributed by atoms with Crippen LogP contribution in [-0.4, -0.2) is 20.5 Å². The summed E-state index contributed by atoms with van der Waals surface area (Å²) in [7, 11) is 3.26. The van der Waals surface area contributed by atoms with Crippen molar-refractivity contribution in [1.82, 2.24) is 0 Å². The maximum Gasteiger partial charge on any atom is 0.160 e. The average Bonchev–Trinajstić information content (AvgIpc) is 2.34. The van der Waals surface area contributed by atoms with E-state index in [1.807, 2.05) is 18.2 Å². The van der Waals surface area contributed by atoms with Crippen molar-refractivity contribution in [2.45, 2.75) is 25.7 Å². The minimum atomic E-state index is 0.646. The average molecular weight is 222 g/mol. The van der Waals surface area contributed by atoms with Crippen LogP contribution in [0.4, 0.5) is 0 Å². The summed E-state index contributed by atoms with van der Waals surface area (Å²) in [6, 6.07) is 5.93. The Morgan fingerprint density at radius 1 is 1.12 bits per heavy atom. The van der Waals surface area contributed by atoms with Gasteiger partial charge in [0, 0.05) is 6.42 Å². The predicted molar refractivity (Wildman–Crippen MR) is 63.2 cm³/mol. The van der Waals surface area contributed by atoms with Crippen molar-refractivity contribution in [1.29, 1.82) is 0 Å². The maximum atomic E-state index is 10.2. The molecule has 0 amide bonds. The van der Waals surface area contributed by atoms with Crippen LogP contribution in [0.3, 0.4) is 0 Å². The van der Waals surface area contributed by atoms with E-state index >= 15 is 0 Å². The SMILES string of the molecule is COc1ccc(CCCCC=O)cc1OC. The highest BCUT2D eigenvalue weighted by Gasteiger charge is 2.03. The van der Waals surface area contributed by atoms with Gasteiger partial charge in [0.1, 0.15) is 6.29 Å². The van der Waals surface area contributed by atoms with Crippen LogP contribution in [0.1, 0.15) is 24.8 Å². The van der Waals surface area contributed by atoms with Crippen LogP contribution >= 0.6 is 0 Å². The number of hydrogen-bond donors (Lipinski definition) is 0. The molecule has 88 valence electrons. The van der Waals surface area contributed by atoms with E-state index in [4.69, 9.17) is 9.47 Å². The second-order valence-electron chi connectivity index (χ2n) is 3.60. The van der Waals surface area contributed by atoms with Crippen molar-refractivity contribution >= 4 is 6.29 Å². The Morgan fingerprint density at radius 2 is 1.88 bits per heavy atom. The molecule has 0 aliphatic rings. The van der Waals surface area contributed by atoms with E-state index in [0.717, 1.165) is 37.0 Å². The van der Waals surface area contributed by atoms with Crippen LogP contribution in [0.15, 0.2) is 18.2 Å². The summed E-state index contributed by atoms with van der Waals surface area (Å²) in [6.07, 6.45) is 4.54. The molecule has 3 heteroatoms. The van der Waals surface area contributed by atoms with E-state index in [2.05, 4.69) is 0 Å². The predicted octanol–water partition coefficient (Wildman–Crippen LogP) is 2.62. The number of ether oxygens (including phenoxy) is 2. The number of benzene rings is 1. The van der Waals surface area contributed by atoms with Gasteiger partial charge in [-0.3, -0.25) is 0 Å². The number of methoxy groups -OCH3 is 2. The zero-order valence-electron chi connectivity index (χ0n) is 9.86. The molecule has 0 N–H and O–H groups in total. The quantitative estimate of drug-likeness (QED) is 0.525. The van der Waals surface area contributed by atoms with Crippen LogP contribution < -0.4 is 9.47 Å². The molecule has 16 heavy (non-hydrogen) atoms. The summed E-state index contributed by atoms with van der Waals surface area (Å²) in [5.74, 6) is 1.51. The van der Waals surface area contributed by atoms with Gasteiger partial charge in [0.2, 0.25) is 0 Å². The lowest BCUT2D eigenvalue weighted by atomic mass is 10.1. The molecule has 0 saturated heterocycles. The molecule has 0 aliphatic heterocycles. The van der Waals surface area contributed by atoms with Gasteiger partial charge in [-0.2, -0.15) is 0 Å². The smallest absolute Gasteiger partial charge is 0.160 e. The molecular weight excluding hydrogens is 204 g/mol. The number of hydrogen-bond acceptors (Lipinski definition) is 3. The molecule has 0 fully saturated rings. The van der Waals surface area contributed by atoms with Gasteiger partial charge in [-0.25, -0.2) is 0 Å². The van der Waals surface area contributed by atoms with Crippen LogP contribution in [0.5, 0.6) is 11.5 Å². The Morgan fingerprint density at radius 3 is 2.50 bits per heavy atom. The summed E-state index contributed by atoms with van der Waals surface area (Å²) in [6.45, 7) is 0. The number of unbranched alkanes of at least 4 members (excludes halogenated alkanes) is 2. The van der Waals surface area contributed by atoms with Crippen LogP contribution in [0, 0.1) is 0 Å². The highest BCUT2D eigenvalue weighted by Crippen LogP contribution is 2.28. The van der Waals surface area contributed by atoms with Crippen molar-refractivity contribution in [3.63, 3.8) is 0 Å². The summed E-state index contributed by atoms with van der Waals surface area (Å²) >= 11 is 0. The summed E-state index contributed by atoms with van der Waals surface area (Å²) < 4.78 is 10.4. The van der Waals surface area contributed by atoms with E-state index in [-0.39, 0.29) is 0 Å². The fraction of sp³-hybridized carbons (Fsp3) is 0.462. The van der Waals surface area contributed by atoms with E-state index in [9.17, 15) is 4.79 Å². The molecule has 0 spiro atoms. The fourth-order valence-corrected chi connectivity index (χ4v) is 1.59. The first kappa shape index (κ1) is 12.6. The maximum absolute atomic E-state index is 10.2.